The van der Waals surface area contributed by atoms with E-state index >= 15 is 0 Å². The lowest BCUT2D eigenvalue weighted by molar-refractivity contribution is 0.616. The van der Waals surface area contributed by atoms with Crippen LogP contribution in [0.15, 0.2) is 107 Å². The molecule has 3 heteroatoms. The van der Waals surface area contributed by atoms with E-state index in [2.05, 4.69) is 52.5 Å². The Balaban J connectivity index is 1.69. The number of furan rings is 1. The van der Waals surface area contributed by atoms with Crippen molar-refractivity contribution in [2.24, 2.45) is 4.99 Å². The molecule has 0 aliphatic heterocycles. The minimum atomic E-state index is 0.894. The Hall–Kier alpha value is -3.85. The monoisotopic (exact) mass is 362 g/mol. The van der Waals surface area contributed by atoms with Crippen LogP contribution in [0.1, 0.15) is 5.56 Å². The molecular weight excluding hydrogens is 344 g/mol. The van der Waals surface area contributed by atoms with Gasteiger partial charge in [-0.3, -0.25) is 4.57 Å². The minimum absolute atomic E-state index is 0.894. The van der Waals surface area contributed by atoms with E-state index in [0.29, 0.717) is 0 Å². The van der Waals surface area contributed by atoms with Crippen molar-refractivity contribution in [2.75, 3.05) is 0 Å². The van der Waals surface area contributed by atoms with Crippen molar-refractivity contribution in [2.45, 2.75) is 0 Å². The molecule has 5 rings (SSSR count). The van der Waals surface area contributed by atoms with E-state index < -0.39 is 0 Å². The quantitative estimate of drug-likeness (QED) is 0.200. The molecule has 0 N–H and O–H groups in total. The largest absolute Gasteiger partial charge is 0.464 e. The Morgan fingerprint density at radius 2 is 1.68 bits per heavy atom. The second-order valence-corrected chi connectivity index (χ2v) is 6.60. The van der Waals surface area contributed by atoms with Gasteiger partial charge in [-0.15, -0.1) is 0 Å². The van der Waals surface area contributed by atoms with Crippen molar-refractivity contribution in [1.82, 2.24) is 4.57 Å². The zero-order chi connectivity index (χ0) is 18.9. The zero-order valence-corrected chi connectivity index (χ0v) is 15.2. The standard InChI is InChI=1S/C25H18N2O/c1-2-18(19-8-4-3-5-9-19)16-26-17-27-22-11-7-6-10-20(22)25-21-14-15-28-24(21)13-12-23(25)27/h2-17H,1H2. The highest BCUT2D eigenvalue weighted by molar-refractivity contribution is 6.21. The van der Waals surface area contributed by atoms with Crippen molar-refractivity contribution in [3.8, 4) is 0 Å². The van der Waals surface area contributed by atoms with Crippen LogP contribution in [0.5, 0.6) is 0 Å². The summed E-state index contributed by atoms with van der Waals surface area (Å²) in [7, 11) is 0. The Morgan fingerprint density at radius 1 is 0.857 bits per heavy atom. The molecule has 0 aliphatic rings. The summed E-state index contributed by atoms with van der Waals surface area (Å²) in [6.07, 6.45) is 7.28. The van der Waals surface area contributed by atoms with Gasteiger partial charge in [0.2, 0.25) is 0 Å². The summed E-state index contributed by atoms with van der Waals surface area (Å²) in [5.41, 5.74) is 5.19. The van der Waals surface area contributed by atoms with Gasteiger partial charge in [0.15, 0.2) is 0 Å². The average Bonchev–Trinajstić information content (AvgIpc) is 3.34. The minimum Gasteiger partial charge on any atom is -0.464 e. The number of aromatic nitrogens is 1. The molecule has 0 saturated heterocycles. The van der Waals surface area contributed by atoms with Gasteiger partial charge >= 0.3 is 0 Å². The van der Waals surface area contributed by atoms with Crippen LogP contribution in [0.25, 0.3) is 38.3 Å². The molecule has 3 aromatic carbocycles. The molecule has 28 heavy (non-hydrogen) atoms. The van der Waals surface area contributed by atoms with Gasteiger partial charge in [-0.05, 0) is 35.4 Å². The Bertz CT molecular complexity index is 1370. The number of para-hydroxylation sites is 1. The molecule has 0 radical (unpaired) electrons. The number of rotatable bonds is 4. The fraction of sp³-hybridized carbons (Fsp3) is 0. The van der Waals surface area contributed by atoms with E-state index in [1.807, 2.05) is 55.0 Å². The fourth-order valence-electron chi connectivity index (χ4n) is 3.72. The smallest absolute Gasteiger partial charge is 0.134 e. The molecule has 5 aromatic rings. The van der Waals surface area contributed by atoms with Crippen LogP contribution in [0.4, 0.5) is 0 Å². The van der Waals surface area contributed by atoms with Crippen LogP contribution in [-0.2, 0) is 0 Å². The van der Waals surface area contributed by atoms with Crippen LogP contribution in [0.2, 0.25) is 0 Å². The first-order valence-corrected chi connectivity index (χ1v) is 9.17. The van der Waals surface area contributed by atoms with Crippen molar-refractivity contribution in [1.29, 1.82) is 0 Å². The molecule has 3 nitrogen and oxygen atoms in total. The van der Waals surface area contributed by atoms with E-state index in [1.54, 1.807) is 6.26 Å². The molecule has 134 valence electrons. The van der Waals surface area contributed by atoms with Gasteiger partial charge in [0, 0.05) is 22.4 Å². The summed E-state index contributed by atoms with van der Waals surface area (Å²) < 4.78 is 7.72. The van der Waals surface area contributed by atoms with Crippen LogP contribution in [-0.4, -0.2) is 10.9 Å². The summed E-state index contributed by atoms with van der Waals surface area (Å²) in [6.45, 7) is 3.92. The number of benzene rings is 3. The summed E-state index contributed by atoms with van der Waals surface area (Å²) in [4.78, 5) is 4.61. The predicted octanol–water partition coefficient (Wildman–Crippen LogP) is 6.64. The van der Waals surface area contributed by atoms with Crippen molar-refractivity contribution < 1.29 is 4.42 Å². The zero-order valence-electron chi connectivity index (χ0n) is 15.2. The summed E-state index contributed by atoms with van der Waals surface area (Å²) in [5, 5.41) is 3.49. The molecule has 2 heterocycles. The summed E-state index contributed by atoms with van der Waals surface area (Å²) in [5.74, 6) is 0. The molecule has 0 bridgehead atoms. The second-order valence-electron chi connectivity index (χ2n) is 6.60. The molecule has 0 atom stereocenters. The van der Waals surface area contributed by atoms with Crippen molar-refractivity contribution in [3.63, 3.8) is 0 Å². The molecule has 2 aromatic heterocycles. The Labute approximate surface area is 162 Å². The second kappa shape index (κ2) is 6.71. The number of aliphatic imine (C=N–C) groups is 1. The molecular formula is C25H18N2O. The number of hydrogen-bond acceptors (Lipinski definition) is 2. The van der Waals surface area contributed by atoms with Gasteiger partial charge < -0.3 is 4.42 Å². The van der Waals surface area contributed by atoms with Gasteiger partial charge in [-0.25, -0.2) is 4.99 Å². The maximum absolute atomic E-state index is 5.60. The fourth-order valence-corrected chi connectivity index (χ4v) is 3.72. The number of fused-ring (bicyclic) bond motifs is 5. The van der Waals surface area contributed by atoms with E-state index in [0.717, 1.165) is 33.1 Å². The SMILES string of the molecule is C=CC(=CN=Cn1c2ccccc2c2c3ccoc3ccc21)c1ccccc1. The average molecular weight is 362 g/mol. The van der Waals surface area contributed by atoms with E-state index in [1.165, 1.54) is 10.8 Å². The van der Waals surface area contributed by atoms with Gasteiger partial charge in [-0.1, -0.05) is 61.2 Å². The highest BCUT2D eigenvalue weighted by atomic mass is 16.3. The normalized spacial score (nSPS) is 12.5. The summed E-state index contributed by atoms with van der Waals surface area (Å²) in [6, 6.07) is 24.6. The first kappa shape index (κ1) is 16.3. The first-order chi connectivity index (χ1) is 13.9. The lowest BCUT2D eigenvalue weighted by atomic mass is 10.1. The topological polar surface area (TPSA) is 30.4 Å². The van der Waals surface area contributed by atoms with Crippen LogP contribution in [0, 0.1) is 0 Å². The number of allylic oxidation sites excluding steroid dienone is 2. The lowest BCUT2D eigenvalue weighted by Crippen LogP contribution is -1.94. The van der Waals surface area contributed by atoms with Crippen molar-refractivity contribution in [3.05, 3.63) is 103 Å². The Morgan fingerprint density at radius 3 is 2.54 bits per heavy atom. The van der Waals surface area contributed by atoms with Crippen LogP contribution < -0.4 is 0 Å². The highest BCUT2D eigenvalue weighted by Crippen LogP contribution is 2.34. The maximum atomic E-state index is 5.60. The van der Waals surface area contributed by atoms with Gasteiger partial charge in [-0.2, -0.15) is 0 Å². The van der Waals surface area contributed by atoms with E-state index in [4.69, 9.17) is 4.42 Å². The number of nitrogens with zero attached hydrogens (tertiary/aromatic N) is 2. The predicted molar refractivity (Wildman–Crippen MR) is 118 cm³/mol. The molecule has 0 spiro atoms. The molecule has 0 unspecified atom stereocenters. The third-order valence-corrected chi connectivity index (χ3v) is 5.03. The first-order valence-electron chi connectivity index (χ1n) is 9.17. The van der Waals surface area contributed by atoms with E-state index in [-0.39, 0.29) is 0 Å². The molecule has 0 saturated carbocycles. The molecule has 0 aliphatic carbocycles. The third-order valence-electron chi connectivity index (χ3n) is 5.03. The van der Waals surface area contributed by atoms with E-state index in [9.17, 15) is 0 Å². The molecule has 0 fully saturated rings. The highest BCUT2D eigenvalue weighted by Gasteiger charge is 2.13. The molecule has 0 amide bonds. The Kier molecular flexibility index (Phi) is 3.91. The van der Waals surface area contributed by atoms with Crippen LogP contribution in [0.3, 0.4) is 0 Å². The third kappa shape index (κ3) is 2.57. The number of hydrogen-bond donors (Lipinski definition) is 0. The lowest BCUT2D eigenvalue weighted by Gasteiger charge is -2.01. The summed E-state index contributed by atoms with van der Waals surface area (Å²) >= 11 is 0. The van der Waals surface area contributed by atoms with Crippen molar-refractivity contribution >= 4 is 44.7 Å². The van der Waals surface area contributed by atoms with Gasteiger partial charge in [0.1, 0.15) is 5.58 Å². The van der Waals surface area contributed by atoms with Gasteiger partial charge in [0.25, 0.3) is 0 Å². The van der Waals surface area contributed by atoms with Crippen LogP contribution >= 0.6 is 0 Å². The van der Waals surface area contributed by atoms with Gasteiger partial charge in [0.05, 0.1) is 23.6 Å². The maximum Gasteiger partial charge on any atom is 0.134 e.